The largest absolute Gasteiger partial charge is 0.324 e. The average molecular weight is 306 g/mol. The number of hydrogen-bond acceptors (Lipinski definition) is 2. The third-order valence-electron chi connectivity index (χ3n) is 2.36. The zero-order chi connectivity index (χ0) is 13.0. The fourth-order valence-corrected chi connectivity index (χ4v) is 1.82. The Bertz CT molecular complexity index is 522. The van der Waals surface area contributed by atoms with Gasteiger partial charge in [0.15, 0.2) is 0 Å². The van der Waals surface area contributed by atoms with E-state index in [0.717, 1.165) is 10.0 Å². The monoisotopic (exact) mass is 305 g/mol. The first-order chi connectivity index (χ1) is 8.66. The molecular weight excluding hydrogens is 294 g/mol. The lowest BCUT2D eigenvalue weighted by atomic mass is 10.3. The molecule has 1 heterocycles. The normalized spacial score (nSPS) is 9.89. The van der Waals surface area contributed by atoms with Gasteiger partial charge in [0.1, 0.15) is 5.82 Å². The smallest absolute Gasteiger partial charge is 0.307 e. The van der Waals surface area contributed by atoms with Crippen LogP contribution in [0.15, 0.2) is 47.1 Å². The minimum Gasteiger partial charge on any atom is -0.307 e. The number of benzene rings is 1. The number of nitrogens with zero attached hydrogens (tertiary/aromatic N) is 1. The Morgan fingerprint density at radius 2 is 1.94 bits per heavy atom. The van der Waals surface area contributed by atoms with E-state index >= 15 is 0 Å². The molecule has 0 aliphatic heterocycles. The van der Waals surface area contributed by atoms with E-state index in [-0.39, 0.29) is 6.03 Å². The molecule has 0 aliphatic carbocycles. The van der Waals surface area contributed by atoms with Gasteiger partial charge in [-0.05, 0) is 46.6 Å². The number of amides is 2. The second-order valence-electron chi connectivity index (χ2n) is 3.73. The summed E-state index contributed by atoms with van der Waals surface area (Å²) < 4.78 is 0.831. The predicted molar refractivity (Wildman–Crippen MR) is 75.8 cm³/mol. The molecule has 18 heavy (non-hydrogen) atoms. The first-order valence-electron chi connectivity index (χ1n) is 5.41. The number of aromatic nitrogens is 1. The summed E-state index contributed by atoms with van der Waals surface area (Å²) in [5.74, 6) is 0.557. The van der Waals surface area contributed by atoms with Gasteiger partial charge >= 0.3 is 6.03 Å². The van der Waals surface area contributed by atoms with Crippen LogP contribution >= 0.6 is 15.9 Å². The Balaban J connectivity index is 2.06. The van der Waals surface area contributed by atoms with Gasteiger partial charge < -0.3 is 5.32 Å². The van der Waals surface area contributed by atoms with Gasteiger partial charge in [0.2, 0.25) is 0 Å². The maximum Gasteiger partial charge on any atom is 0.324 e. The molecule has 2 amide bonds. The van der Waals surface area contributed by atoms with Crippen molar-refractivity contribution in [3.63, 3.8) is 0 Å². The zero-order valence-corrected chi connectivity index (χ0v) is 11.4. The van der Waals surface area contributed by atoms with E-state index in [2.05, 4.69) is 31.5 Å². The second kappa shape index (κ2) is 5.64. The molecular formula is C13H12BrN3O. The van der Waals surface area contributed by atoms with Crippen molar-refractivity contribution in [1.82, 2.24) is 4.98 Å². The molecule has 0 spiro atoms. The molecule has 0 aliphatic rings. The van der Waals surface area contributed by atoms with Crippen LogP contribution in [0.2, 0.25) is 0 Å². The molecule has 0 atom stereocenters. The number of carbonyl (C=O) groups excluding carboxylic acids is 1. The van der Waals surface area contributed by atoms with Crippen molar-refractivity contribution in [3.8, 4) is 0 Å². The Kier molecular flexibility index (Phi) is 3.94. The van der Waals surface area contributed by atoms with Crippen LogP contribution in [-0.2, 0) is 0 Å². The number of anilines is 2. The lowest BCUT2D eigenvalue weighted by molar-refractivity contribution is 0.262. The zero-order valence-electron chi connectivity index (χ0n) is 9.77. The molecule has 0 fully saturated rings. The second-order valence-corrected chi connectivity index (χ2v) is 4.58. The molecule has 92 valence electrons. The van der Waals surface area contributed by atoms with E-state index < -0.39 is 0 Å². The quantitative estimate of drug-likeness (QED) is 0.886. The maximum absolute atomic E-state index is 11.8. The maximum atomic E-state index is 11.8. The Hall–Kier alpha value is -1.88. The predicted octanol–water partition coefficient (Wildman–Crippen LogP) is 3.80. The third-order valence-corrected chi connectivity index (χ3v) is 3.05. The van der Waals surface area contributed by atoms with Gasteiger partial charge in [-0.1, -0.05) is 18.2 Å². The van der Waals surface area contributed by atoms with Gasteiger partial charge in [0.25, 0.3) is 0 Å². The van der Waals surface area contributed by atoms with Gasteiger partial charge in [-0.15, -0.1) is 0 Å². The standard InChI is InChI=1S/C13H12BrN3O/c1-9-5-4-8-15-12(9)17-13(18)16-11-7-3-2-6-10(11)14/h2-8H,1H3,(H2,15,16,17,18). The number of pyridine rings is 1. The highest BCUT2D eigenvalue weighted by molar-refractivity contribution is 9.10. The SMILES string of the molecule is Cc1cccnc1NC(=O)Nc1ccccc1Br. The topological polar surface area (TPSA) is 54.0 Å². The Labute approximate surface area is 114 Å². The van der Waals surface area contributed by atoms with Crippen molar-refractivity contribution in [1.29, 1.82) is 0 Å². The van der Waals surface area contributed by atoms with Crippen LogP contribution in [0.4, 0.5) is 16.3 Å². The van der Waals surface area contributed by atoms with E-state index in [9.17, 15) is 4.79 Å². The summed E-state index contributed by atoms with van der Waals surface area (Å²) in [6, 6.07) is 10.8. The number of halogens is 1. The van der Waals surface area contributed by atoms with E-state index in [1.54, 1.807) is 6.20 Å². The average Bonchev–Trinajstić information content (AvgIpc) is 2.35. The van der Waals surface area contributed by atoms with Gasteiger partial charge in [-0.3, -0.25) is 5.32 Å². The van der Waals surface area contributed by atoms with E-state index in [4.69, 9.17) is 0 Å². The number of aryl methyl sites for hydroxylation is 1. The molecule has 2 aromatic rings. The molecule has 5 heteroatoms. The highest BCUT2D eigenvalue weighted by atomic mass is 79.9. The summed E-state index contributed by atoms with van der Waals surface area (Å²) in [4.78, 5) is 15.9. The molecule has 0 saturated carbocycles. The molecule has 0 bridgehead atoms. The molecule has 0 unspecified atom stereocenters. The van der Waals surface area contributed by atoms with E-state index in [1.165, 1.54) is 0 Å². The first kappa shape index (κ1) is 12.6. The van der Waals surface area contributed by atoms with Crippen LogP contribution in [0.5, 0.6) is 0 Å². The van der Waals surface area contributed by atoms with E-state index in [0.29, 0.717) is 11.5 Å². The fraction of sp³-hybridized carbons (Fsp3) is 0.0769. The molecule has 2 rings (SSSR count). The lowest BCUT2D eigenvalue weighted by Gasteiger charge is -2.09. The molecule has 0 radical (unpaired) electrons. The fourth-order valence-electron chi connectivity index (χ4n) is 1.44. The van der Waals surface area contributed by atoms with Crippen LogP contribution in [0, 0.1) is 6.92 Å². The van der Waals surface area contributed by atoms with Crippen molar-refractivity contribution in [3.05, 3.63) is 52.6 Å². The van der Waals surface area contributed by atoms with Crippen LogP contribution in [0.3, 0.4) is 0 Å². The summed E-state index contributed by atoms with van der Waals surface area (Å²) in [5, 5.41) is 5.45. The number of hydrogen-bond donors (Lipinski definition) is 2. The van der Waals surface area contributed by atoms with Crippen molar-refractivity contribution in [2.24, 2.45) is 0 Å². The van der Waals surface area contributed by atoms with Crippen LogP contribution in [0.1, 0.15) is 5.56 Å². The van der Waals surface area contributed by atoms with Crippen LogP contribution < -0.4 is 10.6 Å². The summed E-state index contributed by atoms with van der Waals surface area (Å²) in [5.41, 5.74) is 1.63. The highest BCUT2D eigenvalue weighted by Gasteiger charge is 2.06. The van der Waals surface area contributed by atoms with Gasteiger partial charge in [-0.25, -0.2) is 9.78 Å². The van der Waals surface area contributed by atoms with Crippen LogP contribution in [-0.4, -0.2) is 11.0 Å². The molecule has 1 aromatic carbocycles. The number of rotatable bonds is 2. The van der Waals surface area contributed by atoms with Gasteiger partial charge in [0.05, 0.1) is 5.69 Å². The van der Waals surface area contributed by atoms with Crippen molar-refractivity contribution in [2.45, 2.75) is 6.92 Å². The Morgan fingerprint density at radius 1 is 1.17 bits per heavy atom. The number of para-hydroxylation sites is 1. The highest BCUT2D eigenvalue weighted by Crippen LogP contribution is 2.21. The van der Waals surface area contributed by atoms with Crippen LogP contribution in [0.25, 0.3) is 0 Å². The third kappa shape index (κ3) is 3.07. The van der Waals surface area contributed by atoms with Crippen molar-refractivity contribution in [2.75, 3.05) is 10.6 Å². The summed E-state index contributed by atoms with van der Waals surface area (Å²) in [7, 11) is 0. The summed E-state index contributed by atoms with van der Waals surface area (Å²) in [6.45, 7) is 1.89. The minimum absolute atomic E-state index is 0.316. The molecule has 2 N–H and O–H groups in total. The summed E-state index contributed by atoms with van der Waals surface area (Å²) in [6.07, 6.45) is 1.64. The minimum atomic E-state index is -0.316. The van der Waals surface area contributed by atoms with Gasteiger partial charge in [-0.2, -0.15) is 0 Å². The molecule has 1 aromatic heterocycles. The van der Waals surface area contributed by atoms with Gasteiger partial charge in [0, 0.05) is 10.7 Å². The van der Waals surface area contributed by atoms with E-state index in [1.807, 2.05) is 43.3 Å². The number of carbonyl (C=O) groups is 1. The Morgan fingerprint density at radius 3 is 2.67 bits per heavy atom. The lowest BCUT2D eigenvalue weighted by Crippen LogP contribution is -2.20. The number of urea groups is 1. The molecule has 4 nitrogen and oxygen atoms in total. The van der Waals surface area contributed by atoms with Crippen molar-refractivity contribution < 1.29 is 4.79 Å². The number of nitrogens with one attached hydrogen (secondary N) is 2. The van der Waals surface area contributed by atoms with Crippen molar-refractivity contribution >= 4 is 33.5 Å². The summed E-state index contributed by atoms with van der Waals surface area (Å²) >= 11 is 3.37. The molecule has 0 saturated heterocycles. The first-order valence-corrected chi connectivity index (χ1v) is 6.20.